The number of carbonyl (C=O) groups excluding carboxylic acids is 2. The van der Waals surface area contributed by atoms with Crippen LogP contribution in [0, 0.1) is 11.3 Å². The van der Waals surface area contributed by atoms with Gasteiger partial charge in [-0.25, -0.2) is 0 Å². The van der Waals surface area contributed by atoms with Crippen molar-refractivity contribution in [3.05, 3.63) is 146 Å². The second-order valence-corrected chi connectivity index (χ2v) is 14.5. The van der Waals surface area contributed by atoms with Crippen molar-refractivity contribution in [1.82, 2.24) is 0 Å². The zero-order valence-electron chi connectivity index (χ0n) is 27.9. The van der Waals surface area contributed by atoms with Crippen LogP contribution in [0.2, 0.25) is 10.0 Å². The molecule has 10 heteroatoms. The summed E-state index contributed by atoms with van der Waals surface area (Å²) in [5.41, 5.74) is 6.65. The van der Waals surface area contributed by atoms with Gasteiger partial charge in [-0.2, -0.15) is 5.26 Å². The molecule has 6 rings (SSSR count). The molecule has 2 heterocycles. The number of rotatable bonds is 12. The molecule has 0 unspecified atom stereocenters. The third-order valence-corrected chi connectivity index (χ3v) is 10.4. The van der Waals surface area contributed by atoms with Crippen molar-refractivity contribution in [2.75, 3.05) is 17.2 Å². The summed E-state index contributed by atoms with van der Waals surface area (Å²) in [6, 6.07) is 34.5. The van der Waals surface area contributed by atoms with Crippen LogP contribution in [-0.2, 0) is 9.59 Å². The number of nitrogens with zero attached hydrogens (tertiary/aromatic N) is 1. The SMILES string of the molecule is CCCOc1ccc(NC(=O)/C=C/c2cc(-c3cccc(-c4cc(C#N)cc(-c5ccc(/C=C/C(=O)Nc6ccc(Cl)c(Cl)c6)s5)c4)c3)cs2)cc1. The van der Waals surface area contributed by atoms with E-state index in [2.05, 4.69) is 47.2 Å². The fourth-order valence-corrected chi connectivity index (χ4v) is 7.19. The van der Waals surface area contributed by atoms with E-state index in [0.717, 1.165) is 54.6 Å². The van der Waals surface area contributed by atoms with Crippen molar-refractivity contribution in [1.29, 1.82) is 5.26 Å². The van der Waals surface area contributed by atoms with Crippen molar-refractivity contribution in [2.24, 2.45) is 0 Å². The lowest BCUT2D eigenvalue weighted by Crippen LogP contribution is -2.07. The molecule has 0 saturated heterocycles. The number of thiophene rings is 2. The van der Waals surface area contributed by atoms with Gasteiger partial charge in [-0.3, -0.25) is 9.59 Å². The Morgan fingerprint density at radius 1 is 0.731 bits per heavy atom. The Hall–Kier alpha value is -5.43. The van der Waals surface area contributed by atoms with Gasteiger partial charge in [-0.05, 0) is 137 Å². The van der Waals surface area contributed by atoms with Gasteiger partial charge in [0.2, 0.25) is 11.8 Å². The first kappa shape index (κ1) is 36.4. The first-order valence-electron chi connectivity index (χ1n) is 16.3. The van der Waals surface area contributed by atoms with Gasteiger partial charge < -0.3 is 15.4 Å². The van der Waals surface area contributed by atoms with Crippen LogP contribution in [0.3, 0.4) is 0 Å². The molecule has 258 valence electrons. The maximum Gasteiger partial charge on any atom is 0.248 e. The molecule has 0 fully saturated rings. The highest BCUT2D eigenvalue weighted by atomic mass is 35.5. The average molecular weight is 761 g/mol. The molecule has 2 amide bonds. The Morgan fingerprint density at radius 3 is 2.13 bits per heavy atom. The molecule has 2 aromatic heterocycles. The van der Waals surface area contributed by atoms with Gasteiger partial charge in [0.25, 0.3) is 0 Å². The smallest absolute Gasteiger partial charge is 0.248 e. The van der Waals surface area contributed by atoms with Crippen LogP contribution in [0.25, 0.3) is 44.8 Å². The molecule has 4 aromatic carbocycles. The third-order valence-electron chi connectivity index (χ3n) is 7.70. The Morgan fingerprint density at radius 2 is 1.40 bits per heavy atom. The molecule has 6 aromatic rings. The van der Waals surface area contributed by atoms with Crippen LogP contribution < -0.4 is 15.4 Å². The lowest BCUT2D eigenvalue weighted by Gasteiger charge is -2.08. The highest BCUT2D eigenvalue weighted by molar-refractivity contribution is 7.16. The second kappa shape index (κ2) is 17.2. The number of benzene rings is 4. The topological polar surface area (TPSA) is 91.2 Å². The number of ether oxygens (including phenoxy) is 1. The number of nitrogens with one attached hydrogen (secondary N) is 2. The Labute approximate surface area is 320 Å². The summed E-state index contributed by atoms with van der Waals surface area (Å²) in [6.07, 6.45) is 7.48. The number of hydrogen-bond donors (Lipinski definition) is 2. The van der Waals surface area contributed by atoms with Gasteiger partial charge in [0, 0.05) is 38.2 Å². The monoisotopic (exact) mass is 759 g/mol. The summed E-state index contributed by atoms with van der Waals surface area (Å²) < 4.78 is 5.60. The minimum absolute atomic E-state index is 0.216. The number of nitriles is 1. The van der Waals surface area contributed by atoms with Crippen LogP contribution in [0.15, 0.2) is 121 Å². The third kappa shape index (κ3) is 9.66. The molecule has 0 radical (unpaired) electrons. The number of carbonyl (C=O) groups is 2. The van der Waals surface area contributed by atoms with Crippen molar-refractivity contribution < 1.29 is 14.3 Å². The summed E-state index contributed by atoms with van der Waals surface area (Å²) in [5, 5.41) is 18.4. The van der Waals surface area contributed by atoms with Crippen LogP contribution >= 0.6 is 45.9 Å². The molecule has 0 bridgehead atoms. The highest BCUT2D eigenvalue weighted by Crippen LogP contribution is 2.35. The van der Waals surface area contributed by atoms with E-state index in [1.807, 2.05) is 66.7 Å². The Kier molecular flexibility index (Phi) is 12.0. The minimum Gasteiger partial charge on any atom is -0.494 e. The van der Waals surface area contributed by atoms with Crippen LogP contribution in [0.4, 0.5) is 11.4 Å². The van der Waals surface area contributed by atoms with Crippen LogP contribution in [-0.4, -0.2) is 18.4 Å². The predicted octanol–water partition coefficient (Wildman–Crippen LogP) is 12.1. The largest absolute Gasteiger partial charge is 0.494 e. The van der Waals surface area contributed by atoms with Crippen molar-refractivity contribution in [2.45, 2.75) is 13.3 Å². The lowest BCUT2D eigenvalue weighted by atomic mass is 9.97. The van der Waals surface area contributed by atoms with E-state index in [1.54, 1.807) is 41.7 Å². The zero-order valence-corrected chi connectivity index (χ0v) is 31.0. The summed E-state index contributed by atoms with van der Waals surface area (Å²) in [4.78, 5) is 27.9. The highest BCUT2D eigenvalue weighted by Gasteiger charge is 2.10. The van der Waals surface area contributed by atoms with E-state index in [1.165, 1.54) is 23.5 Å². The standard InChI is InChI=1S/C42H31Cl2N3O3S2/c1-2-18-50-35-9-6-33(7-10-35)46-41(48)17-13-37-23-32(26-51-37)29-5-3-4-28(21-29)30-19-27(25-45)20-31(22-30)40-15-11-36(52-40)12-16-42(49)47-34-8-14-38(43)39(44)24-34/h3-17,19-24,26H,2,18H2,1H3,(H,46,48)(H,47,49)/b16-12+,17-13+. The van der Waals surface area contributed by atoms with Gasteiger partial charge in [0.15, 0.2) is 0 Å². The van der Waals surface area contributed by atoms with E-state index in [0.29, 0.717) is 33.6 Å². The first-order valence-corrected chi connectivity index (χ1v) is 18.7. The number of hydrogen-bond acceptors (Lipinski definition) is 6. The zero-order chi connectivity index (χ0) is 36.5. The number of anilines is 2. The van der Waals surface area contributed by atoms with Gasteiger partial charge in [-0.15, -0.1) is 22.7 Å². The Balaban J connectivity index is 1.13. The normalized spacial score (nSPS) is 11.1. The molecule has 0 aliphatic carbocycles. The molecule has 0 aliphatic heterocycles. The van der Waals surface area contributed by atoms with Crippen molar-refractivity contribution in [3.63, 3.8) is 0 Å². The van der Waals surface area contributed by atoms with Gasteiger partial charge in [0.05, 0.1) is 28.3 Å². The van der Waals surface area contributed by atoms with Gasteiger partial charge >= 0.3 is 0 Å². The second-order valence-electron chi connectivity index (χ2n) is 11.6. The lowest BCUT2D eigenvalue weighted by molar-refractivity contribution is -0.112. The maximum absolute atomic E-state index is 12.6. The van der Waals surface area contributed by atoms with Crippen molar-refractivity contribution >= 4 is 81.2 Å². The molecular formula is C42H31Cl2N3O3S2. The van der Waals surface area contributed by atoms with Crippen LogP contribution in [0.5, 0.6) is 5.75 Å². The van der Waals surface area contributed by atoms with E-state index < -0.39 is 0 Å². The van der Waals surface area contributed by atoms with E-state index in [4.69, 9.17) is 27.9 Å². The molecule has 2 N–H and O–H groups in total. The van der Waals surface area contributed by atoms with E-state index in [-0.39, 0.29) is 11.8 Å². The van der Waals surface area contributed by atoms with Crippen molar-refractivity contribution in [3.8, 4) is 44.5 Å². The molecular weight excluding hydrogens is 730 g/mol. The molecule has 6 nitrogen and oxygen atoms in total. The molecule has 52 heavy (non-hydrogen) atoms. The number of amides is 2. The summed E-state index contributed by atoms with van der Waals surface area (Å²) in [7, 11) is 0. The Bertz CT molecular complexity index is 2340. The molecule has 0 spiro atoms. The quantitative estimate of drug-likeness (QED) is 0.122. The fraction of sp³-hybridized carbons (Fsp3) is 0.0714. The minimum atomic E-state index is -0.295. The summed E-state index contributed by atoms with van der Waals surface area (Å²) in [6.45, 7) is 2.71. The van der Waals surface area contributed by atoms with Gasteiger partial charge in [-0.1, -0.05) is 48.3 Å². The maximum atomic E-state index is 12.6. The number of halogens is 2. The van der Waals surface area contributed by atoms with Gasteiger partial charge in [0.1, 0.15) is 5.75 Å². The average Bonchev–Trinajstić information content (AvgIpc) is 3.85. The molecule has 0 aliphatic rings. The molecule has 0 saturated carbocycles. The van der Waals surface area contributed by atoms with E-state index in [9.17, 15) is 14.9 Å². The predicted molar refractivity (Wildman–Crippen MR) is 217 cm³/mol. The van der Waals surface area contributed by atoms with Crippen LogP contribution in [0.1, 0.15) is 28.7 Å². The summed E-state index contributed by atoms with van der Waals surface area (Å²) >= 11 is 15.1. The van der Waals surface area contributed by atoms with E-state index >= 15 is 0 Å². The fourth-order valence-electron chi connectivity index (χ4n) is 5.18. The summed E-state index contributed by atoms with van der Waals surface area (Å²) in [5.74, 6) is 0.263. The molecule has 0 atom stereocenters. The first-order chi connectivity index (χ1) is 25.3.